The second-order valence-electron chi connectivity index (χ2n) is 6.47. The SMILES string of the molecule is CCCCCCCCCCCCPC1CCCCC1. The van der Waals surface area contributed by atoms with Crippen molar-refractivity contribution in [2.45, 2.75) is 109 Å². The zero-order valence-electron chi connectivity index (χ0n) is 13.4. The molecule has 1 aliphatic rings. The standard InChI is InChI=1S/C18H37P/c1-2-3-4-5-6-7-8-9-10-14-17-19-18-15-12-11-13-16-18/h18-19H,2-17H2,1H3. The van der Waals surface area contributed by atoms with Crippen LogP contribution in [0.4, 0.5) is 0 Å². The second-order valence-corrected chi connectivity index (χ2v) is 8.20. The minimum absolute atomic E-state index is 1.13. The third-order valence-corrected chi connectivity index (χ3v) is 6.37. The van der Waals surface area contributed by atoms with Crippen LogP contribution in [0.2, 0.25) is 0 Å². The van der Waals surface area contributed by atoms with Gasteiger partial charge in [0.05, 0.1) is 0 Å². The van der Waals surface area contributed by atoms with Crippen LogP contribution >= 0.6 is 8.58 Å². The Labute approximate surface area is 124 Å². The lowest BCUT2D eigenvalue weighted by Crippen LogP contribution is -2.06. The molecule has 1 saturated carbocycles. The molecule has 0 heterocycles. The zero-order valence-corrected chi connectivity index (χ0v) is 14.4. The Morgan fingerprint density at radius 2 is 1.21 bits per heavy atom. The molecule has 0 aliphatic heterocycles. The summed E-state index contributed by atoms with van der Waals surface area (Å²) in [5.74, 6) is 0. The molecule has 0 N–H and O–H groups in total. The molecule has 0 aromatic carbocycles. The second kappa shape index (κ2) is 13.4. The average Bonchev–Trinajstić information content (AvgIpc) is 2.46. The van der Waals surface area contributed by atoms with Gasteiger partial charge in [-0.1, -0.05) is 84.0 Å². The van der Waals surface area contributed by atoms with Gasteiger partial charge in [0.1, 0.15) is 0 Å². The summed E-state index contributed by atoms with van der Waals surface area (Å²) in [7, 11) is 1.29. The summed E-state index contributed by atoms with van der Waals surface area (Å²) in [5, 5.41) is 0. The number of rotatable bonds is 12. The molecule has 0 aromatic rings. The van der Waals surface area contributed by atoms with Gasteiger partial charge in [-0.15, -0.1) is 8.58 Å². The minimum Gasteiger partial charge on any atom is -0.119 e. The third kappa shape index (κ3) is 10.8. The highest BCUT2D eigenvalue weighted by atomic mass is 31.1. The maximum Gasteiger partial charge on any atom is -0.0237 e. The van der Waals surface area contributed by atoms with E-state index in [-0.39, 0.29) is 0 Å². The van der Waals surface area contributed by atoms with Crippen LogP contribution in [0.15, 0.2) is 0 Å². The number of hydrogen-bond donors (Lipinski definition) is 0. The van der Waals surface area contributed by atoms with Crippen molar-refractivity contribution >= 4 is 8.58 Å². The lowest BCUT2D eigenvalue weighted by Gasteiger charge is -2.21. The Bertz CT molecular complexity index is 173. The first-order chi connectivity index (χ1) is 9.43. The molecule has 0 saturated heterocycles. The van der Waals surface area contributed by atoms with E-state index in [1.807, 2.05) is 0 Å². The molecule has 0 spiro atoms. The van der Waals surface area contributed by atoms with Crippen LogP contribution in [-0.2, 0) is 0 Å². The van der Waals surface area contributed by atoms with E-state index in [9.17, 15) is 0 Å². The molecule has 0 bridgehead atoms. The van der Waals surface area contributed by atoms with Crippen LogP contribution < -0.4 is 0 Å². The molecule has 114 valence electrons. The Hall–Kier alpha value is 0.430. The fourth-order valence-electron chi connectivity index (χ4n) is 3.23. The minimum atomic E-state index is 1.13. The van der Waals surface area contributed by atoms with Crippen LogP contribution in [0, 0.1) is 0 Å². The summed E-state index contributed by atoms with van der Waals surface area (Å²) in [4.78, 5) is 0. The molecule has 1 heteroatoms. The topological polar surface area (TPSA) is 0 Å². The Morgan fingerprint density at radius 1 is 0.684 bits per heavy atom. The van der Waals surface area contributed by atoms with Crippen molar-refractivity contribution in [2.75, 3.05) is 6.16 Å². The first kappa shape index (κ1) is 17.5. The molecule has 1 rings (SSSR count). The lowest BCUT2D eigenvalue weighted by atomic mass is 10.0. The molecule has 0 amide bonds. The zero-order chi connectivity index (χ0) is 13.6. The van der Waals surface area contributed by atoms with Crippen molar-refractivity contribution in [1.29, 1.82) is 0 Å². The van der Waals surface area contributed by atoms with E-state index in [4.69, 9.17) is 0 Å². The maximum atomic E-state index is 2.30. The lowest BCUT2D eigenvalue weighted by molar-refractivity contribution is 0.512. The monoisotopic (exact) mass is 284 g/mol. The molecule has 1 fully saturated rings. The molecular weight excluding hydrogens is 247 g/mol. The van der Waals surface area contributed by atoms with E-state index in [0.717, 1.165) is 5.66 Å². The van der Waals surface area contributed by atoms with Crippen molar-refractivity contribution in [1.82, 2.24) is 0 Å². The van der Waals surface area contributed by atoms with Gasteiger partial charge in [0, 0.05) is 0 Å². The summed E-state index contributed by atoms with van der Waals surface area (Å²) in [6.45, 7) is 2.30. The third-order valence-electron chi connectivity index (χ3n) is 4.57. The maximum absolute atomic E-state index is 2.30. The fourth-order valence-corrected chi connectivity index (χ4v) is 4.90. The summed E-state index contributed by atoms with van der Waals surface area (Å²) >= 11 is 0. The molecule has 0 nitrogen and oxygen atoms in total. The summed E-state index contributed by atoms with van der Waals surface area (Å²) in [6.07, 6.45) is 24.0. The highest BCUT2D eigenvalue weighted by Crippen LogP contribution is 2.33. The van der Waals surface area contributed by atoms with Crippen LogP contribution in [-0.4, -0.2) is 11.8 Å². The van der Waals surface area contributed by atoms with Gasteiger partial charge in [0.2, 0.25) is 0 Å². The van der Waals surface area contributed by atoms with Crippen LogP contribution in [0.1, 0.15) is 103 Å². The van der Waals surface area contributed by atoms with Gasteiger partial charge < -0.3 is 0 Å². The fraction of sp³-hybridized carbons (Fsp3) is 1.00. The van der Waals surface area contributed by atoms with Gasteiger partial charge in [-0.3, -0.25) is 0 Å². The summed E-state index contributed by atoms with van der Waals surface area (Å²) in [5.41, 5.74) is 1.13. The van der Waals surface area contributed by atoms with Crippen LogP contribution in [0.25, 0.3) is 0 Å². The first-order valence-corrected chi connectivity index (χ1v) is 10.5. The van der Waals surface area contributed by atoms with Crippen LogP contribution in [0.5, 0.6) is 0 Å². The molecule has 1 atom stereocenters. The van der Waals surface area contributed by atoms with Crippen LogP contribution in [0.3, 0.4) is 0 Å². The van der Waals surface area contributed by atoms with E-state index in [1.165, 1.54) is 92.1 Å². The normalized spacial score (nSPS) is 17.5. The van der Waals surface area contributed by atoms with Crippen molar-refractivity contribution in [3.8, 4) is 0 Å². The van der Waals surface area contributed by atoms with E-state index in [2.05, 4.69) is 6.92 Å². The average molecular weight is 284 g/mol. The van der Waals surface area contributed by atoms with Gasteiger partial charge in [-0.2, -0.15) is 0 Å². The molecule has 1 unspecified atom stereocenters. The summed E-state index contributed by atoms with van der Waals surface area (Å²) < 4.78 is 0. The molecule has 1 aliphatic carbocycles. The van der Waals surface area contributed by atoms with Crippen molar-refractivity contribution in [3.05, 3.63) is 0 Å². The molecule has 19 heavy (non-hydrogen) atoms. The van der Waals surface area contributed by atoms with Crippen molar-refractivity contribution in [2.24, 2.45) is 0 Å². The Kier molecular flexibility index (Phi) is 12.3. The van der Waals surface area contributed by atoms with Gasteiger partial charge in [0.25, 0.3) is 0 Å². The van der Waals surface area contributed by atoms with Gasteiger partial charge in [0.15, 0.2) is 0 Å². The van der Waals surface area contributed by atoms with E-state index >= 15 is 0 Å². The predicted octanol–water partition coefficient (Wildman–Crippen LogP) is 6.92. The number of hydrogen-bond acceptors (Lipinski definition) is 0. The largest absolute Gasteiger partial charge is 0.119 e. The highest BCUT2D eigenvalue weighted by molar-refractivity contribution is 7.38. The van der Waals surface area contributed by atoms with E-state index in [0.29, 0.717) is 0 Å². The molecular formula is C18H37P. The smallest absolute Gasteiger partial charge is 0.0237 e. The quantitative estimate of drug-likeness (QED) is 0.269. The number of unbranched alkanes of at least 4 members (excludes halogenated alkanes) is 9. The highest BCUT2D eigenvalue weighted by Gasteiger charge is 2.12. The van der Waals surface area contributed by atoms with Gasteiger partial charge in [-0.25, -0.2) is 0 Å². The van der Waals surface area contributed by atoms with Gasteiger partial charge >= 0.3 is 0 Å². The molecule has 0 radical (unpaired) electrons. The van der Waals surface area contributed by atoms with Crippen molar-refractivity contribution in [3.63, 3.8) is 0 Å². The summed E-state index contributed by atoms with van der Waals surface area (Å²) in [6, 6.07) is 0. The Morgan fingerprint density at radius 3 is 1.79 bits per heavy atom. The van der Waals surface area contributed by atoms with E-state index in [1.54, 1.807) is 19.0 Å². The predicted molar refractivity (Wildman–Crippen MR) is 91.9 cm³/mol. The molecule has 0 aromatic heterocycles. The van der Waals surface area contributed by atoms with Crippen molar-refractivity contribution < 1.29 is 0 Å². The van der Waals surface area contributed by atoms with Gasteiger partial charge in [-0.05, 0) is 31.1 Å². The Balaban J connectivity index is 1.71. The first-order valence-electron chi connectivity index (χ1n) is 9.17. The van der Waals surface area contributed by atoms with E-state index < -0.39 is 0 Å².